The summed E-state index contributed by atoms with van der Waals surface area (Å²) in [6.07, 6.45) is 3.99. The molecule has 1 N–H and O–H groups in total. The highest BCUT2D eigenvalue weighted by Crippen LogP contribution is 2.31. The lowest BCUT2D eigenvalue weighted by molar-refractivity contribution is -0.858. The fourth-order valence-electron chi connectivity index (χ4n) is 2.77. The first-order valence-electron chi connectivity index (χ1n) is 9.03. The number of anilines is 1. The van der Waals surface area contributed by atoms with Gasteiger partial charge in [0.2, 0.25) is 0 Å². The molecule has 0 unspecified atom stereocenters. The van der Waals surface area contributed by atoms with Crippen LogP contribution in [0, 0.1) is 11.6 Å². The van der Waals surface area contributed by atoms with Gasteiger partial charge in [-0.3, -0.25) is 9.69 Å². The van der Waals surface area contributed by atoms with Crippen molar-refractivity contribution in [2.75, 3.05) is 32.1 Å². The van der Waals surface area contributed by atoms with Crippen LogP contribution in [0.5, 0.6) is 0 Å². The van der Waals surface area contributed by atoms with Gasteiger partial charge in [0.1, 0.15) is 11.3 Å². The minimum Gasteiger partial charge on any atom is -0.340 e. The second kappa shape index (κ2) is 9.03. The Labute approximate surface area is 166 Å². The van der Waals surface area contributed by atoms with Gasteiger partial charge in [-0.1, -0.05) is 41.7 Å². The van der Waals surface area contributed by atoms with Gasteiger partial charge in [0.05, 0.1) is 25.3 Å². The van der Waals surface area contributed by atoms with E-state index in [2.05, 4.69) is 4.98 Å². The van der Waals surface area contributed by atoms with E-state index in [9.17, 15) is 13.6 Å². The molecule has 0 saturated heterocycles. The molecule has 1 aromatic heterocycles. The average molecular weight is 402 g/mol. The van der Waals surface area contributed by atoms with E-state index in [0.29, 0.717) is 16.4 Å². The third kappa shape index (κ3) is 4.99. The van der Waals surface area contributed by atoms with Crippen molar-refractivity contribution >= 4 is 38.7 Å². The van der Waals surface area contributed by atoms with Crippen LogP contribution < -0.4 is 9.80 Å². The van der Waals surface area contributed by atoms with Crippen molar-refractivity contribution in [1.82, 2.24) is 4.98 Å². The number of halogens is 2. The SMILES string of the molecule is C[NH+](C)CCCN(C(=O)/C=C/c1ccccc1)c1nc2c(F)cc(F)cc2s1. The second-order valence-electron chi connectivity index (χ2n) is 6.78. The van der Waals surface area contributed by atoms with E-state index in [1.165, 1.54) is 21.9 Å². The normalized spacial score (nSPS) is 11.6. The van der Waals surface area contributed by atoms with Gasteiger partial charge in [-0.05, 0) is 17.7 Å². The van der Waals surface area contributed by atoms with Crippen molar-refractivity contribution in [3.63, 3.8) is 0 Å². The van der Waals surface area contributed by atoms with Crippen LogP contribution in [0.4, 0.5) is 13.9 Å². The number of amides is 1. The summed E-state index contributed by atoms with van der Waals surface area (Å²) in [5.74, 6) is -1.61. The fourth-order valence-corrected chi connectivity index (χ4v) is 3.81. The van der Waals surface area contributed by atoms with E-state index < -0.39 is 11.6 Å². The number of benzene rings is 2. The Morgan fingerprint density at radius 1 is 1.21 bits per heavy atom. The van der Waals surface area contributed by atoms with Crippen molar-refractivity contribution in [3.05, 3.63) is 65.7 Å². The molecule has 2 aromatic carbocycles. The van der Waals surface area contributed by atoms with Gasteiger partial charge in [-0.25, -0.2) is 13.8 Å². The molecule has 0 fully saturated rings. The molecule has 1 amide bonds. The third-order valence-electron chi connectivity index (χ3n) is 4.18. The zero-order valence-electron chi connectivity index (χ0n) is 15.8. The van der Waals surface area contributed by atoms with Crippen LogP contribution in [-0.2, 0) is 4.79 Å². The number of nitrogens with one attached hydrogen (secondary N) is 1. The lowest BCUT2D eigenvalue weighted by atomic mass is 10.2. The Hall–Kier alpha value is -2.64. The van der Waals surface area contributed by atoms with Crippen molar-refractivity contribution < 1.29 is 18.5 Å². The average Bonchev–Trinajstić information content (AvgIpc) is 3.08. The Kier molecular flexibility index (Phi) is 6.49. The maximum absolute atomic E-state index is 14.0. The number of nitrogens with zero attached hydrogens (tertiary/aromatic N) is 2. The highest BCUT2D eigenvalue weighted by Gasteiger charge is 2.20. The van der Waals surface area contributed by atoms with Crippen molar-refractivity contribution in [3.8, 4) is 0 Å². The summed E-state index contributed by atoms with van der Waals surface area (Å²) in [7, 11) is 4.08. The first kappa shape index (κ1) is 20.1. The first-order valence-corrected chi connectivity index (χ1v) is 9.85. The molecule has 0 radical (unpaired) electrons. The molecule has 7 heteroatoms. The zero-order valence-corrected chi connectivity index (χ0v) is 16.6. The number of hydrogen-bond acceptors (Lipinski definition) is 3. The number of carbonyl (C=O) groups excluding carboxylic acids is 1. The smallest absolute Gasteiger partial charge is 0.252 e. The van der Waals surface area contributed by atoms with Crippen LogP contribution >= 0.6 is 11.3 Å². The van der Waals surface area contributed by atoms with Gasteiger partial charge >= 0.3 is 0 Å². The number of rotatable bonds is 7. The number of thiazole rings is 1. The van der Waals surface area contributed by atoms with E-state index in [-0.39, 0.29) is 11.4 Å². The number of fused-ring (bicyclic) bond motifs is 1. The topological polar surface area (TPSA) is 37.6 Å². The van der Waals surface area contributed by atoms with Gasteiger partial charge in [0.15, 0.2) is 10.9 Å². The maximum atomic E-state index is 14.0. The fraction of sp³-hybridized carbons (Fsp3) is 0.238. The Bertz CT molecular complexity index is 986. The molecule has 146 valence electrons. The van der Waals surface area contributed by atoms with E-state index in [4.69, 9.17) is 0 Å². The Morgan fingerprint density at radius 2 is 1.96 bits per heavy atom. The minimum atomic E-state index is -0.720. The van der Waals surface area contributed by atoms with E-state index in [1.807, 2.05) is 44.4 Å². The summed E-state index contributed by atoms with van der Waals surface area (Å²) in [6.45, 7) is 1.33. The number of carbonyl (C=O) groups is 1. The zero-order chi connectivity index (χ0) is 20.1. The molecular weight excluding hydrogens is 380 g/mol. The lowest BCUT2D eigenvalue weighted by Gasteiger charge is -2.18. The van der Waals surface area contributed by atoms with Crippen LogP contribution in [0.1, 0.15) is 12.0 Å². The van der Waals surface area contributed by atoms with E-state index in [0.717, 1.165) is 35.9 Å². The number of aromatic nitrogens is 1. The Morgan fingerprint density at radius 3 is 2.68 bits per heavy atom. The summed E-state index contributed by atoms with van der Waals surface area (Å²) < 4.78 is 27.9. The first-order chi connectivity index (χ1) is 13.4. The molecule has 0 bridgehead atoms. The van der Waals surface area contributed by atoms with Crippen molar-refractivity contribution in [2.45, 2.75) is 6.42 Å². The summed E-state index contributed by atoms with van der Waals surface area (Å²) in [5.41, 5.74) is 0.996. The molecule has 1 heterocycles. The third-order valence-corrected chi connectivity index (χ3v) is 5.20. The molecule has 0 spiro atoms. The molecule has 0 aliphatic heterocycles. The molecule has 0 aliphatic rings. The predicted octanol–water partition coefficient (Wildman–Crippen LogP) is 3.16. The molecule has 3 rings (SSSR count). The van der Waals surface area contributed by atoms with Crippen LogP contribution in [0.2, 0.25) is 0 Å². The Balaban J connectivity index is 1.89. The van der Waals surface area contributed by atoms with Crippen LogP contribution in [-0.4, -0.2) is 38.1 Å². The second-order valence-corrected chi connectivity index (χ2v) is 7.78. The van der Waals surface area contributed by atoms with Crippen molar-refractivity contribution in [1.29, 1.82) is 0 Å². The van der Waals surface area contributed by atoms with Gasteiger partial charge in [0, 0.05) is 25.1 Å². The standard InChI is InChI=1S/C21H21F2N3OS/c1-25(2)11-6-12-26(19(27)10-9-15-7-4-3-5-8-15)21-24-20-17(23)13-16(22)14-18(20)28-21/h3-5,7-10,13-14H,6,11-12H2,1-2H3/p+1/b10-9+. The summed E-state index contributed by atoms with van der Waals surface area (Å²) >= 11 is 1.12. The van der Waals surface area contributed by atoms with E-state index in [1.54, 1.807) is 6.08 Å². The van der Waals surface area contributed by atoms with Gasteiger partial charge < -0.3 is 4.90 Å². The van der Waals surface area contributed by atoms with E-state index >= 15 is 0 Å². The van der Waals surface area contributed by atoms with Crippen LogP contribution in [0.3, 0.4) is 0 Å². The van der Waals surface area contributed by atoms with Gasteiger partial charge in [-0.2, -0.15) is 0 Å². The summed E-state index contributed by atoms with van der Waals surface area (Å²) in [4.78, 5) is 19.9. The molecule has 4 nitrogen and oxygen atoms in total. The largest absolute Gasteiger partial charge is 0.340 e. The van der Waals surface area contributed by atoms with Gasteiger partial charge in [0.25, 0.3) is 5.91 Å². The minimum absolute atomic E-state index is 0.0875. The molecular formula is C21H22F2N3OS+. The molecule has 0 aliphatic carbocycles. The quantitative estimate of drug-likeness (QED) is 0.617. The predicted molar refractivity (Wildman–Crippen MR) is 110 cm³/mol. The number of hydrogen-bond donors (Lipinski definition) is 1. The van der Waals surface area contributed by atoms with Crippen LogP contribution in [0.25, 0.3) is 16.3 Å². The molecule has 3 aromatic rings. The molecule has 0 saturated carbocycles. The van der Waals surface area contributed by atoms with Gasteiger partial charge in [-0.15, -0.1) is 0 Å². The number of quaternary nitrogens is 1. The van der Waals surface area contributed by atoms with Crippen molar-refractivity contribution in [2.24, 2.45) is 0 Å². The highest BCUT2D eigenvalue weighted by molar-refractivity contribution is 7.22. The highest BCUT2D eigenvalue weighted by atomic mass is 32.1. The monoisotopic (exact) mass is 402 g/mol. The maximum Gasteiger partial charge on any atom is 0.252 e. The van der Waals surface area contributed by atoms with Crippen LogP contribution in [0.15, 0.2) is 48.5 Å². The molecule has 0 atom stereocenters. The summed E-state index contributed by atoms with van der Waals surface area (Å²) in [6, 6.07) is 11.6. The lowest BCUT2D eigenvalue weighted by Crippen LogP contribution is -3.05. The molecule has 28 heavy (non-hydrogen) atoms. The summed E-state index contributed by atoms with van der Waals surface area (Å²) in [5, 5.41) is 0.371.